The van der Waals surface area contributed by atoms with Crippen LogP contribution in [0, 0.1) is 13.8 Å². The Kier molecular flexibility index (Phi) is 4.31. The van der Waals surface area contributed by atoms with Crippen LogP contribution in [0.3, 0.4) is 0 Å². The molecule has 2 aromatic heterocycles. The van der Waals surface area contributed by atoms with Crippen LogP contribution in [-0.2, 0) is 22.7 Å². The van der Waals surface area contributed by atoms with Gasteiger partial charge in [-0.1, -0.05) is 0 Å². The molecule has 0 atom stereocenters. The van der Waals surface area contributed by atoms with E-state index in [1.807, 2.05) is 26.8 Å². The number of nitrogens with zero attached hydrogens (tertiary/aromatic N) is 2. The predicted molar refractivity (Wildman–Crippen MR) is 90.4 cm³/mol. The number of imide groups is 2. The molecular formula is C18H19N3O4. The Morgan fingerprint density at radius 2 is 2.00 bits per heavy atom. The smallest absolute Gasteiger partial charge is 0.331 e. The van der Waals surface area contributed by atoms with Crippen molar-refractivity contribution in [1.29, 1.82) is 0 Å². The first-order valence-electron chi connectivity index (χ1n) is 8.00. The Hall–Kier alpha value is -3.09. The first-order valence-corrected chi connectivity index (χ1v) is 8.00. The van der Waals surface area contributed by atoms with Crippen LogP contribution in [0.15, 0.2) is 34.5 Å². The van der Waals surface area contributed by atoms with Crippen LogP contribution >= 0.6 is 0 Å². The molecule has 3 heterocycles. The van der Waals surface area contributed by atoms with Crippen molar-refractivity contribution in [3.05, 3.63) is 52.7 Å². The maximum absolute atomic E-state index is 12.7. The molecule has 1 aliphatic rings. The highest BCUT2D eigenvalue weighted by Gasteiger charge is 2.36. The van der Waals surface area contributed by atoms with Crippen LogP contribution in [0.1, 0.15) is 29.6 Å². The molecule has 0 aromatic carbocycles. The van der Waals surface area contributed by atoms with Crippen LogP contribution in [0.25, 0.3) is 6.08 Å². The molecule has 7 nitrogen and oxygen atoms in total. The van der Waals surface area contributed by atoms with Gasteiger partial charge >= 0.3 is 6.03 Å². The lowest BCUT2D eigenvalue weighted by Crippen LogP contribution is -2.53. The normalized spacial score (nSPS) is 16.7. The van der Waals surface area contributed by atoms with Gasteiger partial charge in [-0.25, -0.2) is 4.79 Å². The van der Waals surface area contributed by atoms with Gasteiger partial charge in [0, 0.05) is 17.9 Å². The highest BCUT2D eigenvalue weighted by atomic mass is 16.3. The van der Waals surface area contributed by atoms with E-state index in [0.29, 0.717) is 5.76 Å². The third-order valence-electron chi connectivity index (χ3n) is 4.31. The van der Waals surface area contributed by atoms with Gasteiger partial charge in [-0.3, -0.25) is 19.8 Å². The van der Waals surface area contributed by atoms with Crippen LogP contribution in [0.4, 0.5) is 4.79 Å². The number of amides is 4. The standard InChI is InChI=1S/C18H19N3O4/c1-4-20-11(2)8-13(12(20)3)9-15-16(22)19-18(24)21(17(15)23)10-14-6-5-7-25-14/h5-9H,4,10H2,1-3H3,(H,19,22,24). The maximum Gasteiger partial charge on any atom is 0.331 e. The molecule has 0 saturated carbocycles. The Labute approximate surface area is 144 Å². The van der Waals surface area contributed by atoms with Crippen LogP contribution in [0.5, 0.6) is 0 Å². The van der Waals surface area contributed by atoms with Crippen LogP contribution in [0.2, 0.25) is 0 Å². The lowest BCUT2D eigenvalue weighted by molar-refractivity contribution is -0.130. The van der Waals surface area contributed by atoms with Gasteiger partial charge in [-0.15, -0.1) is 0 Å². The summed E-state index contributed by atoms with van der Waals surface area (Å²) in [5, 5.41) is 2.21. The van der Waals surface area contributed by atoms with Gasteiger partial charge in [0.05, 0.1) is 12.8 Å². The van der Waals surface area contributed by atoms with E-state index in [2.05, 4.69) is 9.88 Å². The monoisotopic (exact) mass is 341 g/mol. The molecule has 0 unspecified atom stereocenters. The molecule has 0 spiro atoms. The summed E-state index contributed by atoms with van der Waals surface area (Å²) >= 11 is 0. The first-order chi connectivity index (χ1) is 11.9. The molecule has 0 aliphatic carbocycles. The molecule has 3 rings (SSSR count). The molecule has 0 radical (unpaired) electrons. The topological polar surface area (TPSA) is 84.6 Å². The van der Waals surface area contributed by atoms with Crippen molar-refractivity contribution in [3.63, 3.8) is 0 Å². The third-order valence-corrected chi connectivity index (χ3v) is 4.31. The number of carbonyl (C=O) groups excluding carboxylic acids is 3. The van der Waals surface area contributed by atoms with Crippen molar-refractivity contribution in [2.45, 2.75) is 33.9 Å². The van der Waals surface area contributed by atoms with E-state index in [0.717, 1.165) is 28.4 Å². The zero-order chi connectivity index (χ0) is 18.1. The second kappa shape index (κ2) is 6.43. The van der Waals surface area contributed by atoms with E-state index in [4.69, 9.17) is 4.42 Å². The predicted octanol–water partition coefficient (Wildman–Crippen LogP) is 2.38. The number of hydrogen-bond acceptors (Lipinski definition) is 4. The summed E-state index contributed by atoms with van der Waals surface area (Å²) in [6, 6.07) is 4.50. The molecule has 7 heteroatoms. The van der Waals surface area contributed by atoms with E-state index in [1.165, 1.54) is 12.3 Å². The number of hydrogen-bond donors (Lipinski definition) is 1. The van der Waals surface area contributed by atoms with Crippen molar-refractivity contribution in [2.75, 3.05) is 0 Å². The van der Waals surface area contributed by atoms with Crippen LogP contribution < -0.4 is 5.32 Å². The van der Waals surface area contributed by atoms with Crippen LogP contribution in [-0.4, -0.2) is 27.3 Å². The van der Waals surface area contributed by atoms with E-state index >= 15 is 0 Å². The SMILES string of the molecule is CCn1c(C)cc(C=C2C(=O)NC(=O)N(Cc3ccco3)C2=O)c1C. The molecule has 1 aliphatic heterocycles. The third kappa shape index (κ3) is 3.00. The molecule has 1 N–H and O–H groups in total. The number of furan rings is 1. The summed E-state index contributed by atoms with van der Waals surface area (Å²) in [4.78, 5) is 37.8. The molecule has 1 fully saturated rings. The van der Waals surface area contributed by atoms with Gasteiger partial charge in [0.15, 0.2) is 0 Å². The zero-order valence-electron chi connectivity index (χ0n) is 14.3. The minimum atomic E-state index is -0.748. The Balaban J connectivity index is 1.96. The van der Waals surface area contributed by atoms with Gasteiger partial charge in [-0.2, -0.15) is 0 Å². The van der Waals surface area contributed by atoms with Gasteiger partial charge in [0.1, 0.15) is 11.3 Å². The fourth-order valence-corrected chi connectivity index (χ4v) is 3.01. The van der Waals surface area contributed by atoms with Gasteiger partial charge in [-0.05, 0) is 50.6 Å². The largest absolute Gasteiger partial charge is 0.467 e. The Morgan fingerprint density at radius 3 is 2.60 bits per heavy atom. The van der Waals surface area contributed by atoms with Gasteiger partial charge in [0.2, 0.25) is 0 Å². The van der Waals surface area contributed by atoms with Gasteiger partial charge < -0.3 is 8.98 Å². The lowest BCUT2D eigenvalue weighted by Gasteiger charge is -2.25. The van der Waals surface area contributed by atoms with E-state index < -0.39 is 17.8 Å². The fraction of sp³-hybridized carbons (Fsp3) is 0.278. The average molecular weight is 341 g/mol. The molecule has 4 amide bonds. The summed E-state index contributed by atoms with van der Waals surface area (Å²) in [6.07, 6.45) is 3.00. The Morgan fingerprint density at radius 1 is 1.24 bits per heavy atom. The second-order valence-electron chi connectivity index (χ2n) is 5.86. The molecule has 1 saturated heterocycles. The first kappa shape index (κ1) is 16.8. The maximum atomic E-state index is 12.7. The van der Waals surface area contributed by atoms with Crippen molar-refractivity contribution < 1.29 is 18.8 Å². The molecule has 2 aromatic rings. The molecule has 25 heavy (non-hydrogen) atoms. The number of carbonyl (C=O) groups is 3. The average Bonchev–Trinajstić information content (AvgIpc) is 3.16. The molecule has 0 bridgehead atoms. The van der Waals surface area contributed by atoms with Crippen molar-refractivity contribution in [1.82, 2.24) is 14.8 Å². The highest BCUT2D eigenvalue weighted by Crippen LogP contribution is 2.21. The second-order valence-corrected chi connectivity index (χ2v) is 5.86. The van der Waals surface area contributed by atoms with E-state index in [9.17, 15) is 14.4 Å². The number of urea groups is 1. The molecule has 130 valence electrons. The number of nitrogens with one attached hydrogen (secondary N) is 1. The number of aromatic nitrogens is 1. The summed E-state index contributed by atoms with van der Waals surface area (Å²) < 4.78 is 7.27. The zero-order valence-corrected chi connectivity index (χ0v) is 14.3. The number of rotatable bonds is 4. The van der Waals surface area contributed by atoms with Gasteiger partial charge in [0.25, 0.3) is 11.8 Å². The Bertz CT molecular complexity index is 875. The lowest BCUT2D eigenvalue weighted by atomic mass is 10.1. The minimum Gasteiger partial charge on any atom is -0.467 e. The van der Waals surface area contributed by atoms with Crippen molar-refractivity contribution in [3.8, 4) is 0 Å². The molecular weight excluding hydrogens is 322 g/mol. The van der Waals surface area contributed by atoms with Crippen molar-refractivity contribution >= 4 is 23.9 Å². The number of barbiturate groups is 1. The minimum absolute atomic E-state index is 0.0315. The number of aryl methyl sites for hydroxylation is 1. The van der Waals surface area contributed by atoms with E-state index in [-0.39, 0.29) is 12.1 Å². The highest BCUT2D eigenvalue weighted by molar-refractivity contribution is 6.30. The fourth-order valence-electron chi connectivity index (χ4n) is 3.01. The summed E-state index contributed by atoms with van der Waals surface area (Å²) in [5.74, 6) is -0.861. The summed E-state index contributed by atoms with van der Waals surface area (Å²) in [6.45, 7) is 6.69. The summed E-state index contributed by atoms with van der Waals surface area (Å²) in [7, 11) is 0. The summed E-state index contributed by atoms with van der Waals surface area (Å²) in [5.41, 5.74) is 2.72. The quantitative estimate of drug-likeness (QED) is 0.683. The van der Waals surface area contributed by atoms with E-state index in [1.54, 1.807) is 12.1 Å². The van der Waals surface area contributed by atoms with Crippen molar-refractivity contribution in [2.24, 2.45) is 0 Å².